The molecule has 0 saturated carbocycles. The van der Waals surface area contributed by atoms with Crippen LogP contribution in [0.25, 0.3) is 0 Å². The number of carbonyl (C=O) groups is 1. The minimum Gasteiger partial charge on any atom is -0.382 e. The fourth-order valence-corrected chi connectivity index (χ4v) is 4.51. The zero-order valence-electron chi connectivity index (χ0n) is 17.5. The minimum atomic E-state index is -0.723. The van der Waals surface area contributed by atoms with Gasteiger partial charge in [0.2, 0.25) is 6.10 Å². The van der Waals surface area contributed by atoms with Crippen LogP contribution in [0.1, 0.15) is 45.2 Å². The topological polar surface area (TPSA) is 51.1 Å². The number of carbonyl (C=O) groups excluding carboxylic acids is 1. The van der Waals surface area contributed by atoms with Crippen LogP contribution in [-0.4, -0.2) is 40.0 Å². The van der Waals surface area contributed by atoms with Gasteiger partial charge in [-0.3, -0.25) is 4.79 Å². The average molecular weight is 392 g/mol. The Balaban J connectivity index is 1.57. The molecule has 1 saturated heterocycles. The highest BCUT2D eigenvalue weighted by atomic mass is 16.6. The van der Waals surface area contributed by atoms with Gasteiger partial charge in [0.15, 0.2) is 0 Å². The average Bonchev–Trinajstić information content (AvgIpc) is 3.24. The van der Waals surface area contributed by atoms with Crippen molar-refractivity contribution in [1.82, 2.24) is 4.90 Å². The van der Waals surface area contributed by atoms with Crippen LogP contribution in [0.5, 0.6) is 0 Å². The Morgan fingerprint density at radius 1 is 1.03 bits per heavy atom. The highest BCUT2D eigenvalue weighted by Gasteiger charge is 2.55. The van der Waals surface area contributed by atoms with Gasteiger partial charge in [-0.2, -0.15) is 0 Å². The van der Waals surface area contributed by atoms with Gasteiger partial charge >= 0.3 is 0 Å². The maximum atomic E-state index is 13.6. The van der Waals surface area contributed by atoms with Crippen LogP contribution in [-0.2, 0) is 20.8 Å². The molecule has 152 valence electrons. The largest absolute Gasteiger partial charge is 0.382 e. The molecule has 29 heavy (non-hydrogen) atoms. The molecule has 0 unspecified atom stereocenters. The van der Waals surface area contributed by atoms with Crippen molar-refractivity contribution in [3.63, 3.8) is 0 Å². The van der Waals surface area contributed by atoms with Crippen LogP contribution in [0.2, 0.25) is 0 Å². The van der Waals surface area contributed by atoms with Gasteiger partial charge in [-0.05, 0) is 45.2 Å². The molecular weight excluding hydrogens is 364 g/mol. The van der Waals surface area contributed by atoms with Gasteiger partial charge in [0, 0.05) is 6.42 Å². The van der Waals surface area contributed by atoms with Gasteiger partial charge in [0.25, 0.3) is 5.91 Å². The van der Waals surface area contributed by atoms with Crippen LogP contribution < -0.4 is 0 Å². The molecule has 2 heterocycles. The van der Waals surface area contributed by atoms with E-state index < -0.39 is 17.4 Å². The lowest BCUT2D eigenvalue weighted by atomic mass is 9.91. The summed E-state index contributed by atoms with van der Waals surface area (Å²) in [7, 11) is 0. The van der Waals surface area contributed by atoms with Crippen LogP contribution in [0.3, 0.4) is 0 Å². The summed E-state index contributed by atoms with van der Waals surface area (Å²) in [5.74, 6) is -0.0730. The molecule has 0 aromatic heterocycles. The lowest BCUT2D eigenvalue weighted by Gasteiger charge is -2.35. The zero-order valence-corrected chi connectivity index (χ0v) is 17.5. The fourth-order valence-electron chi connectivity index (χ4n) is 4.51. The molecule has 2 aromatic rings. The van der Waals surface area contributed by atoms with Gasteiger partial charge in [-0.1, -0.05) is 65.8 Å². The summed E-state index contributed by atoms with van der Waals surface area (Å²) in [5, 5.41) is 4.20. The summed E-state index contributed by atoms with van der Waals surface area (Å²) >= 11 is 0. The number of benzene rings is 2. The first-order chi connectivity index (χ1) is 13.8. The molecular formula is C24H28N2O3. The first-order valence-corrected chi connectivity index (χ1v) is 10.1. The number of nitrogens with zero attached hydrogens (tertiary/aromatic N) is 2. The third-order valence-corrected chi connectivity index (χ3v) is 5.77. The molecule has 2 aliphatic rings. The van der Waals surface area contributed by atoms with Gasteiger partial charge in [0.05, 0.1) is 17.4 Å². The van der Waals surface area contributed by atoms with Crippen LogP contribution >= 0.6 is 0 Å². The second kappa shape index (κ2) is 7.30. The van der Waals surface area contributed by atoms with E-state index in [2.05, 4.69) is 31.1 Å². The van der Waals surface area contributed by atoms with E-state index in [1.165, 1.54) is 5.56 Å². The quantitative estimate of drug-likeness (QED) is 0.785. The Bertz CT molecular complexity index is 906. The molecule has 0 spiro atoms. The fraction of sp³-hybridized carbons (Fsp3) is 0.417. The van der Waals surface area contributed by atoms with Crippen molar-refractivity contribution in [3.8, 4) is 0 Å². The SMILES string of the molecule is CC1(C)OC(C)(C)N(C(=O)[C@@H]2CC(c3ccccc3)=NO2)[C@H]1Cc1ccccc1. The molecule has 5 heteroatoms. The van der Waals surface area contributed by atoms with Gasteiger partial charge in [0.1, 0.15) is 5.72 Å². The second-order valence-electron chi connectivity index (χ2n) is 8.77. The summed E-state index contributed by atoms with van der Waals surface area (Å²) in [4.78, 5) is 21.0. The number of rotatable bonds is 4. The van der Waals surface area contributed by atoms with Crippen molar-refractivity contribution in [3.05, 3.63) is 71.8 Å². The first-order valence-electron chi connectivity index (χ1n) is 10.1. The molecule has 0 radical (unpaired) electrons. The Labute approximate surface area is 172 Å². The Morgan fingerprint density at radius 2 is 1.66 bits per heavy atom. The number of ether oxygens (including phenoxy) is 1. The number of amides is 1. The van der Waals surface area contributed by atoms with E-state index in [1.54, 1.807) is 0 Å². The van der Waals surface area contributed by atoms with E-state index in [0.717, 1.165) is 17.7 Å². The molecule has 1 fully saturated rings. The zero-order chi connectivity index (χ0) is 20.6. The molecule has 0 aliphatic carbocycles. The van der Waals surface area contributed by atoms with E-state index >= 15 is 0 Å². The summed E-state index contributed by atoms with van der Waals surface area (Å²) in [6.45, 7) is 8.01. The monoisotopic (exact) mass is 392 g/mol. The van der Waals surface area contributed by atoms with Crippen molar-refractivity contribution in [1.29, 1.82) is 0 Å². The number of hydrogen-bond acceptors (Lipinski definition) is 4. The molecule has 2 aliphatic heterocycles. The third kappa shape index (κ3) is 3.79. The van der Waals surface area contributed by atoms with Gasteiger partial charge in [-0.25, -0.2) is 0 Å². The van der Waals surface area contributed by atoms with E-state index in [1.807, 2.05) is 67.3 Å². The van der Waals surface area contributed by atoms with E-state index in [-0.39, 0.29) is 11.9 Å². The van der Waals surface area contributed by atoms with E-state index in [9.17, 15) is 4.79 Å². The third-order valence-electron chi connectivity index (χ3n) is 5.77. The number of oxime groups is 1. The standard InChI is InChI=1S/C24H28N2O3/c1-23(2)21(15-17-11-7-5-8-12-17)26(24(3,4)29-23)22(27)20-16-19(25-28-20)18-13-9-6-10-14-18/h5-14,20-21H,15-16H2,1-4H3/t20-,21-/m0/s1. The van der Waals surface area contributed by atoms with E-state index in [0.29, 0.717) is 6.42 Å². The van der Waals surface area contributed by atoms with Crippen LogP contribution in [0.4, 0.5) is 0 Å². The van der Waals surface area contributed by atoms with Crippen LogP contribution in [0, 0.1) is 0 Å². The normalized spacial score (nSPS) is 24.8. The van der Waals surface area contributed by atoms with E-state index in [4.69, 9.17) is 9.57 Å². The smallest absolute Gasteiger partial charge is 0.269 e. The maximum absolute atomic E-state index is 13.6. The maximum Gasteiger partial charge on any atom is 0.269 e. The lowest BCUT2D eigenvalue weighted by molar-refractivity contribution is -0.159. The summed E-state index contributed by atoms with van der Waals surface area (Å²) in [5.41, 5.74) is 1.77. The molecule has 5 nitrogen and oxygen atoms in total. The summed E-state index contributed by atoms with van der Waals surface area (Å²) in [6.07, 6.45) is 0.566. The minimum absolute atomic E-state index is 0.0730. The van der Waals surface area contributed by atoms with Gasteiger partial charge in [-0.15, -0.1) is 0 Å². The lowest BCUT2D eigenvalue weighted by Crippen LogP contribution is -2.53. The Morgan fingerprint density at radius 3 is 2.31 bits per heavy atom. The van der Waals surface area contributed by atoms with Crippen molar-refractivity contribution in [2.45, 2.75) is 64.0 Å². The predicted molar refractivity (Wildman–Crippen MR) is 112 cm³/mol. The summed E-state index contributed by atoms with van der Waals surface area (Å²) < 4.78 is 6.34. The summed E-state index contributed by atoms with van der Waals surface area (Å²) in [6, 6.07) is 20.0. The van der Waals surface area contributed by atoms with Crippen molar-refractivity contribution >= 4 is 11.6 Å². The van der Waals surface area contributed by atoms with Crippen LogP contribution in [0.15, 0.2) is 65.8 Å². The van der Waals surface area contributed by atoms with Crippen molar-refractivity contribution in [2.75, 3.05) is 0 Å². The molecule has 1 amide bonds. The molecule has 2 atom stereocenters. The first kappa shape index (κ1) is 19.6. The highest BCUT2D eigenvalue weighted by Crippen LogP contribution is 2.41. The number of hydrogen-bond donors (Lipinski definition) is 0. The highest BCUT2D eigenvalue weighted by molar-refractivity contribution is 6.04. The predicted octanol–water partition coefficient (Wildman–Crippen LogP) is 4.16. The Hall–Kier alpha value is -2.66. The molecule has 0 N–H and O–H groups in total. The Kier molecular flexibility index (Phi) is 4.95. The van der Waals surface area contributed by atoms with Crippen molar-refractivity contribution in [2.24, 2.45) is 5.16 Å². The second-order valence-corrected chi connectivity index (χ2v) is 8.77. The van der Waals surface area contributed by atoms with Crippen molar-refractivity contribution < 1.29 is 14.4 Å². The molecule has 2 aromatic carbocycles. The molecule has 0 bridgehead atoms. The molecule has 4 rings (SSSR count). The van der Waals surface area contributed by atoms with Gasteiger partial charge < -0.3 is 14.5 Å².